The summed E-state index contributed by atoms with van der Waals surface area (Å²) in [6.07, 6.45) is 3.16. The first-order valence-electron chi connectivity index (χ1n) is 8.72. The molecule has 3 atom stereocenters. The van der Waals surface area contributed by atoms with E-state index in [2.05, 4.69) is 0 Å². The van der Waals surface area contributed by atoms with Gasteiger partial charge >= 0.3 is 5.19 Å². The van der Waals surface area contributed by atoms with Gasteiger partial charge in [-0.15, -0.1) is 0 Å². The SMILES string of the molecule is CCCS(=O)(=O)C(F)(Oc1ccccc1C(N)=O)C1CCCCC1C. The summed E-state index contributed by atoms with van der Waals surface area (Å²) >= 11 is 0. The Morgan fingerprint density at radius 2 is 1.96 bits per heavy atom. The molecule has 25 heavy (non-hydrogen) atoms. The molecule has 1 aliphatic carbocycles. The molecule has 1 aromatic rings. The molecule has 1 fully saturated rings. The molecule has 0 aromatic heterocycles. The largest absolute Gasteiger partial charge is 0.444 e. The summed E-state index contributed by atoms with van der Waals surface area (Å²) in [6, 6.07) is 5.90. The van der Waals surface area contributed by atoms with Gasteiger partial charge < -0.3 is 10.5 Å². The van der Waals surface area contributed by atoms with Gasteiger partial charge in [0.2, 0.25) is 9.84 Å². The van der Waals surface area contributed by atoms with Crippen molar-refractivity contribution in [1.29, 1.82) is 0 Å². The summed E-state index contributed by atoms with van der Waals surface area (Å²) in [7, 11) is -4.19. The fraction of sp³-hybridized carbons (Fsp3) is 0.611. The Morgan fingerprint density at radius 3 is 2.56 bits per heavy atom. The molecule has 5 nitrogen and oxygen atoms in total. The van der Waals surface area contributed by atoms with E-state index >= 15 is 4.39 Å². The highest BCUT2D eigenvalue weighted by Gasteiger charge is 2.55. The average Bonchev–Trinajstić information content (AvgIpc) is 2.55. The molecular formula is C18H26FNO4S. The van der Waals surface area contributed by atoms with Crippen molar-refractivity contribution in [3.05, 3.63) is 29.8 Å². The summed E-state index contributed by atoms with van der Waals surface area (Å²) in [6.45, 7) is 3.53. The number of nitrogens with two attached hydrogens (primary N) is 1. The Kier molecular flexibility index (Phi) is 6.08. The van der Waals surface area contributed by atoms with Crippen LogP contribution in [-0.4, -0.2) is 25.3 Å². The first-order chi connectivity index (χ1) is 11.7. The summed E-state index contributed by atoms with van der Waals surface area (Å²) < 4.78 is 47.1. The molecule has 3 unspecified atom stereocenters. The maximum Gasteiger partial charge on any atom is 0.353 e. The van der Waals surface area contributed by atoms with Crippen LogP contribution in [0.25, 0.3) is 0 Å². The second kappa shape index (κ2) is 7.72. The Labute approximate surface area is 148 Å². The van der Waals surface area contributed by atoms with Gasteiger partial charge in [-0.3, -0.25) is 4.79 Å². The highest BCUT2D eigenvalue weighted by molar-refractivity contribution is 7.92. The highest BCUT2D eigenvalue weighted by atomic mass is 32.2. The highest BCUT2D eigenvalue weighted by Crippen LogP contribution is 2.44. The number of rotatable bonds is 7. The minimum absolute atomic E-state index is 0.0281. The molecule has 0 aliphatic heterocycles. The van der Waals surface area contributed by atoms with Crippen molar-refractivity contribution in [3.8, 4) is 5.75 Å². The molecule has 1 saturated carbocycles. The van der Waals surface area contributed by atoms with Gasteiger partial charge in [0, 0.05) is 5.92 Å². The van der Waals surface area contributed by atoms with E-state index in [1.54, 1.807) is 19.1 Å². The lowest BCUT2D eigenvalue weighted by atomic mass is 9.80. The Balaban J connectivity index is 2.51. The van der Waals surface area contributed by atoms with Gasteiger partial charge in [-0.05, 0) is 30.9 Å². The standard InChI is InChI=1S/C18H26FNO4S/c1-3-12-25(22,23)18(19,15-10-6-4-8-13(15)2)24-16-11-7-5-9-14(16)17(20)21/h5,7,9,11,13,15H,3-4,6,8,10,12H2,1-2H3,(H2,20,21). The average molecular weight is 371 g/mol. The number of carbonyl (C=O) groups is 1. The number of amides is 1. The number of para-hydroxylation sites is 1. The first kappa shape index (κ1) is 19.7. The van der Waals surface area contributed by atoms with Crippen LogP contribution in [0.3, 0.4) is 0 Å². The lowest BCUT2D eigenvalue weighted by molar-refractivity contribution is -0.0654. The van der Waals surface area contributed by atoms with Crippen molar-refractivity contribution >= 4 is 15.7 Å². The molecule has 0 heterocycles. The van der Waals surface area contributed by atoms with Crippen LogP contribution in [0.2, 0.25) is 0 Å². The van der Waals surface area contributed by atoms with E-state index in [1.807, 2.05) is 6.92 Å². The maximum absolute atomic E-state index is 16.1. The molecule has 1 aliphatic rings. The van der Waals surface area contributed by atoms with Gasteiger partial charge in [0.25, 0.3) is 5.91 Å². The zero-order chi connectivity index (χ0) is 18.7. The molecule has 0 spiro atoms. The van der Waals surface area contributed by atoms with E-state index in [0.717, 1.165) is 19.3 Å². The number of carbonyl (C=O) groups excluding carboxylic acids is 1. The van der Waals surface area contributed by atoms with E-state index in [0.29, 0.717) is 6.42 Å². The molecule has 0 bridgehead atoms. The van der Waals surface area contributed by atoms with E-state index in [-0.39, 0.29) is 29.4 Å². The van der Waals surface area contributed by atoms with Crippen molar-refractivity contribution in [1.82, 2.24) is 0 Å². The van der Waals surface area contributed by atoms with Gasteiger partial charge in [-0.1, -0.05) is 45.2 Å². The van der Waals surface area contributed by atoms with Crippen LogP contribution in [-0.2, 0) is 9.84 Å². The van der Waals surface area contributed by atoms with Crippen LogP contribution in [0.1, 0.15) is 56.3 Å². The van der Waals surface area contributed by atoms with Crippen molar-refractivity contribution in [2.45, 2.75) is 51.1 Å². The summed E-state index contributed by atoms with van der Waals surface area (Å²) in [5.41, 5.74) is 5.29. The normalized spacial score (nSPS) is 23.6. The maximum atomic E-state index is 16.1. The molecule has 0 saturated heterocycles. The molecule has 1 amide bonds. The third kappa shape index (κ3) is 3.97. The molecule has 2 N–H and O–H groups in total. The lowest BCUT2D eigenvalue weighted by Gasteiger charge is -2.39. The van der Waals surface area contributed by atoms with Crippen LogP contribution >= 0.6 is 0 Å². The summed E-state index contributed by atoms with van der Waals surface area (Å²) in [5.74, 6) is -2.15. The predicted octanol–water partition coefficient (Wildman–Crippen LogP) is 3.44. The Hall–Kier alpha value is -1.63. The van der Waals surface area contributed by atoms with E-state index in [4.69, 9.17) is 10.5 Å². The smallest absolute Gasteiger partial charge is 0.353 e. The molecule has 0 radical (unpaired) electrons. The van der Waals surface area contributed by atoms with Gasteiger partial charge in [0.15, 0.2) is 0 Å². The minimum Gasteiger partial charge on any atom is -0.444 e. The van der Waals surface area contributed by atoms with E-state index in [9.17, 15) is 13.2 Å². The van der Waals surface area contributed by atoms with Crippen LogP contribution in [0.15, 0.2) is 24.3 Å². The fourth-order valence-electron chi connectivity index (χ4n) is 3.52. The van der Waals surface area contributed by atoms with Gasteiger partial charge in [-0.25, -0.2) is 8.42 Å². The topological polar surface area (TPSA) is 86.5 Å². The number of sulfone groups is 1. The zero-order valence-electron chi connectivity index (χ0n) is 14.7. The summed E-state index contributed by atoms with van der Waals surface area (Å²) in [4.78, 5) is 11.6. The van der Waals surface area contributed by atoms with E-state index < -0.39 is 26.8 Å². The number of benzene rings is 1. The second-order valence-corrected chi connectivity index (χ2v) is 8.93. The van der Waals surface area contributed by atoms with Crippen molar-refractivity contribution in [2.75, 3.05) is 5.75 Å². The predicted molar refractivity (Wildman–Crippen MR) is 94.6 cm³/mol. The van der Waals surface area contributed by atoms with Gasteiger partial charge in [0.1, 0.15) is 5.75 Å². The van der Waals surface area contributed by atoms with Crippen molar-refractivity contribution in [2.24, 2.45) is 17.6 Å². The number of halogens is 1. The van der Waals surface area contributed by atoms with Gasteiger partial charge in [0.05, 0.1) is 11.3 Å². The molecular weight excluding hydrogens is 345 g/mol. The Bertz CT molecular complexity index is 722. The first-order valence-corrected chi connectivity index (χ1v) is 10.4. The van der Waals surface area contributed by atoms with Crippen LogP contribution in [0, 0.1) is 11.8 Å². The minimum atomic E-state index is -4.19. The molecule has 7 heteroatoms. The van der Waals surface area contributed by atoms with Gasteiger partial charge in [-0.2, -0.15) is 4.39 Å². The Morgan fingerprint density at radius 1 is 1.32 bits per heavy atom. The zero-order valence-corrected chi connectivity index (χ0v) is 15.5. The van der Waals surface area contributed by atoms with Crippen LogP contribution in [0.5, 0.6) is 5.75 Å². The number of hydrogen-bond donors (Lipinski definition) is 1. The van der Waals surface area contributed by atoms with E-state index in [1.165, 1.54) is 12.1 Å². The number of hydrogen-bond acceptors (Lipinski definition) is 4. The monoisotopic (exact) mass is 371 g/mol. The number of ether oxygens (including phenoxy) is 1. The lowest BCUT2D eigenvalue weighted by Crippen LogP contribution is -2.51. The number of primary amides is 1. The van der Waals surface area contributed by atoms with Crippen LogP contribution < -0.4 is 10.5 Å². The fourth-order valence-corrected chi connectivity index (χ4v) is 5.36. The molecule has 140 valence electrons. The van der Waals surface area contributed by atoms with Crippen molar-refractivity contribution < 1.29 is 22.3 Å². The number of alkyl halides is 1. The molecule has 2 rings (SSSR count). The third-order valence-electron chi connectivity index (χ3n) is 4.85. The molecule has 1 aromatic carbocycles. The third-order valence-corrected chi connectivity index (χ3v) is 7.03. The summed E-state index contributed by atoms with van der Waals surface area (Å²) in [5, 5.41) is -2.87. The quantitative estimate of drug-likeness (QED) is 0.795. The van der Waals surface area contributed by atoms with Crippen molar-refractivity contribution in [3.63, 3.8) is 0 Å². The van der Waals surface area contributed by atoms with Crippen LogP contribution in [0.4, 0.5) is 4.39 Å². The second-order valence-electron chi connectivity index (χ2n) is 6.73.